The molecule has 0 radical (unpaired) electrons. The Bertz CT molecular complexity index is 1140. The van der Waals surface area contributed by atoms with Gasteiger partial charge in [-0.3, -0.25) is 19.2 Å². The summed E-state index contributed by atoms with van der Waals surface area (Å²) in [5, 5.41) is 11.3. The third kappa shape index (κ3) is 2.19. The van der Waals surface area contributed by atoms with E-state index in [1.807, 2.05) is 33.8 Å². The van der Waals surface area contributed by atoms with Crippen LogP contribution >= 0.6 is 0 Å². The lowest BCUT2D eigenvalue weighted by atomic mass is 9.34. The molecule has 0 aromatic rings. The molecule has 184 valence electrons. The standard InChI is InChI=1S/C26H32O8/c1-13-14-10-17(27)34-21(2,3)15(14)8-9-22(4)16(13)11-23(5)18(28)24(6,31)19(29)26(22,20(30)32-7)25(23)12-33-25/h8,16,31H,9-12H2,1-7H3. The first kappa shape index (κ1) is 23.4. The number of aliphatic hydroxyl groups is 1. The van der Waals surface area contributed by atoms with E-state index in [9.17, 15) is 24.3 Å². The average Bonchev–Trinajstić information content (AvgIpc) is 3.55. The zero-order valence-electron chi connectivity index (χ0n) is 20.8. The van der Waals surface area contributed by atoms with Crippen molar-refractivity contribution in [2.75, 3.05) is 13.7 Å². The Kier molecular flexibility index (Phi) is 4.32. The van der Waals surface area contributed by atoms with E-state index < -0.39 is 56.5 Å². The number of allylic oxidation sites excluding steroid dienone is 2. The summed E-state index contributed by atoms with van der Waals surface area (Å²) in [6.45, 7) is 10.3. The number of fused-ring (bicyclic) bond motifs is 3. The van der Waals surface area contributed by atoms with Crippen molar-refractivity contribution in [1.82, 2.24) is 0 Å². The van der Waals surface area contributed by atoms with Gasteiger partial charge in [0, 0.05) is 5.41 Å². The zero-order valence-corrected chi connectivity index (χ0v) is 20.8. The van der Waals surface area contributed by atoms with Crippen LogP contribution in [-0.2, 0) is 33.4 Å². The lowest BCUT2D eigenvalue weighted by molar-refractivity contribution is -0.225. The van der Waals surface area contributed by atoms with Gasteiger partial charge in [-0.1, -0.05) is 18.6 Å². The third-order valence-corrected chi connectivity index (χ3v) is 9.78. The summed E-state index contributed by atoms with van der Waals surface area (Å²) in [4.78, 5) is 54.2. The van der Waals surface area contributed by atoms with Crippen LogP contribution in [0.25, 0.3) is 0 Å². The SMILES string of the molecule is COC(=O)C12C(=O)C(C)(O)C(=O)C(C)(CC3C(C)=C4CC(=O)OC(C)(C)C4=CCC31C)C21CO1. The van der Waals surface area contributed by atoms with Gasteiger partial charge in [-0.25, -0.2) is 0 Å². The molecule has 5 aliphatic rings. The minimum Gasteiger partial charge on any atom is -0.468 e. The van der Waals surface area contributed by atoms with E-state index in [1.165, 1.54) is 14.0 Å². The topological polar surface area (TPSA) is 120 Å². The predicted octanol–water partition coefficient (Wildman–Crippen LogP) is 2.22. The molecule has 2 saturated heterocycles. The first-order chi connectivity index (χ1) is 15.6. The predicted molar refractivity (Wildman–Crippen MR) is 118 cm³/mol. The van der Waals surface area contributed by atoms with Gasteiger partial charge in [-0.05, 0) is 64.5 Å². The molecule has 6 unspecified atom stereocenters. The molecule has 2 saturated carbocycles. The number of carbonyl (C=O) groups is 4. The van der Waals surface area contributed by atoms with E-state index in [0.29, 0.717) is 0 Å². The molecular weight excluding hydrogens is 440 g/mol. The Labute approximate surface area is 198 Å². The largest absolute Gasteiger partial charge is 0.468 e. The van der Waals surface area contributed by atoms with Crippen LogP contribution in [0.5, 0.6) is 0 Å². The van der Waals surface area contributed by atoms with Crippen LogP contribution in [-0.4, -0.2) is 59.1 Å². The number of epoxide rings is 1. The summed E-state index contributed by atoms with van der Waals surface area (Å²) >= 11 is 0. The van der Waals surface area contributed by atoms with Gasteiger partial charge in [0.15, 0.2) is 22.6 Å². The van der Waals surface area contributed by atoms with Gasteiger partial charge >= 0.3 is 11.9 Å². The highest BCUT2D eigenvalue weighted by Gasteiger charge is 2.91. The number of hydrogen-bond acceptors (Lipinski definition) is 8. The summed E-state index contributed by atoms with van der Waals surface area (Å²) in [5.74, 6) is -3.06. The van der Waals surface area contributed by atoms with E-state index in [-0.39, 0.29) is 31.8 Å². The number of carbonyl (C=O) groups excluding carboxylic acids is 4. The second-order valence-electron chi connectivity index (χ2n) is 11.7. The summed E-state index contributed by atoms with van der Waals surface area (Å²) < 4.78 is 16.9. The Morgan fingerprint density at radius 1 is 1.12 bits per heavy atom. The van der Waals surface area contributed by atoms with Crippen molar-refractivity contribution in [3.05, 3.63) is 22.8 Å². The highest BCUT2D eigenvalue weighted by molar-refractivity contribution is 6.25. The monoisotopic (exact) mass is 472 g/mol. The van der Waals surface area contributed by atoms with Crippen LogP contribution in [0, 0.1) is 22.2 Å². The van der Waals surface area contributed by atoms with Gasteiger partial charge in [0.25, 0.3) is 0 Å². The number of rotatable bonds is 1. The number of ketones is 2. The van der Waals surface area contributed by atoms with Gasteiger partial charge in [0.2, 0.25) is 0 Å². The number of esters is 2. The van der Waals surface area contributed by atoms with Gasteiger partial charge in [0.1, 0.15) is 11.2 Å². The van der Waals surface area contributed by atoms with Gasteiger partial charge in [-0.2, -0.15) is 0 Å². The Morgan fingerprint density at radius 3 is 2.29 bits per heavy atom. The van der Waals surface area contributed by atoms with Crippen molar-refractivity contribution < 1.29 is 38.5 Å². The smallest absolute Gasteiger partial charge is 0.323 e. The van der Waals surface area contributed by atoms with Gasteiger partial charge in [0.05, 0.1) is 25.6 Å². The minimum absolute atomic E-state index is 0.0494. The van der Waals surface area contributed by atoms with Crippen molar-refractivity contribution >= 4 is 23.5 Å². The number of Topliss-reactive ketones (excluding diaryl/α,β-unsaturated/α-hetero) is 2. The molecule has 3 aliphatic carbocycles. The number of methoxy groups -OCH3 is 1. The first-order valence-corrected chi connectivity index (χ1v) is 11.8. The van der Waals surface area contributed by atoms with E-state index in [4.69, 9.17) is 14.2 Å². The van der Waals surface area contributed by atoms with Gasteiger partial charge in [-0.15, -0.1) is 0 Å². The molecule has 5 rings (SSSR count). The van der Waals surface area contributed by atoms with Crippen LogP contribution in [0.4, 0.5) is 0 Å². The molecule has 4 fully saturated rings. The molecule has 34 heavy (non-hydrogen) atoms. The van der Waals surface area contributed by atoms with E-state index in [1.54, 1.807) is 6.92 Å². The highest BCUT2D eigenvalue weighted by atomic mass is 16.6. The average molecular weight is 473 g/mol. The van der Waals surface area contributed by atoms with E-state index in [2.05, 4.69) is 0 Å². The maximum absolute atomic E-state index is 14.2. The summed E-state index contributed by atoms with van der Waals surface area (Å²) in [7, 11) is 1.21. The minimum atomic E-state index is -2.36. The number of hydrogen-bond donors (Lipinski definition) is 1. The van der Waals surface area contributed by atoms with Crippen molar-refractivity contribution in [1.29, 1.82) is 0 Å². The van der Waals surface area contributed by atoms with Crippen LogP contribution in [0.3, 0.4) is 0 Å². The third-order valence-electron chi connectivity index (χ3n) is 9.78. The summed E-state index contributed by atoms with van der Waals surface area (Å²) in [6.07, 6.45) is 2.58. The maximum atomic E-state index is 14.2. The molecule has 2 aliphatic heterocycles. The summed E-state index contributed by atoms with van der Waals surface area (Å²) in [6, 6.07) is 0. The highest BCUT2D eigenvalue weighted by Crippen LogP contribution is 2.77. The van der Waals surface area contributed by atoms with Crippen molar-refractivity contribution in [2.24, 2.45) is 22.2 Å². The molecule has 1 N–H and O–H groups in total. The quantitative estimate of drug-likeness (QED) is 0.351. The van der Waals surface area contributed by atoms with Gasteiger partial charge < -0.3 is 19.3 Å². The fraction of sp³-hybridized carbons (Fsp3) is 0.692. The molecule has 2 heterocycles. The summed E-state index contributed by atoms with van der Waals surface area (Å²) in [5.41, 5.74) is -6.41. The molecule has 8 heteroatoms. The van der Waals surface area contributed by atoms with Crippen molar-refractivity contribution in [2.45, 2.75) is 77.6 Å². The lowest BCUT2D eigenvalue weighted by Gasteiger charge is -2.65. The fourth-order valence-corrected chi connectivity index (χ4v) is 8.06. The fourth-order valence-electron chi connectivity index (χ4n) is 8.06. The number of cyclic esters (lactones) is 1. The molecule has 2 bridgehead atoms. The van der Waals surface area contributed by atoms with Crippen LogP contribution in [0.1, 0.15) is 60.8 Å². The maximum Gasteiger partial charge on any atom is 0.323 e. The molecule has 0 amide bonds. The van der Waals surface area contributed by atoms with Crippen molar-refractivity contribution in [3.8, 4) is 0 Å². The lowest BCUT2D eigenvalue weighted by Crippen LogP contribution is -2.81. The van der Waals surface area contributed by atoms with E-state index >= 15 is 0 Å². The normalized spacial score (nSPS) is 46.8. The second kappa shape index (κ2) is 6.26. The van der Waals surface area contributed by atoms with Crippen LogP contribution in [0.15, 0.2) is 22.8 Å². The molecule has 0 aromatic carbocycles. The first-order valence-electron chi connectivity index (χ1n) is 11.8. The van der Waals surface area contributed by atoms with Crippen LogP contribution in [0.2, 0.25) is 0 Å². The molecule has 6 atom stereocenters. The molecule has 8 nitrogen and oxygen atoms in total. The molecule has 0 aromatic heterocycles. The second-order valence-corrected chi connectivity index (χ2v) is 11.7. The zero-order chi connectivity index (χ0) is 25.3. The molecular formula is C26H32O8. The Morgan fingerprint density at radius 2 is 1.74 bits per heavy atom. The molecule has 1 spiro atoms. The number of ether oxygens (including phenoxy) is 3. The van der Waals surface area contributed by atoms with E-state index in [0.717, 1.165) is 16.7 Å². The van der Waals surface area contributed by atoms with Crippen molar-refractivity contribution in [3.63, 3.8) is 0 Å². The van der Waals surface area contributed by atoms with Crippen LogP contribution < -0.4 is 0 Å². The Hall–Kier alpha value is -2.32. The Balaban J connectivity index is 1.87.